The molecule has 1 fully saturated rings. The molecule has 202 valence electrons. The van der Waals surface area contributed by atoms with Gasteiger partial charge in [0.1, 0.15) is 0 Å². The van der Waals surface area contributed by atoms with Gasteiger partial charge in [-0.2, -0.15) is 0 Å². The van der Waals surface area contributed by atoms with Crippen LogP contribution < -0.4 is 16.0 Å². The van der Waals surface area contributed by atoms with Crippen LogP contribution in [-0.4, -0.2) is 36.8 Å². The van der Waals surface area contributed by atoms with Gasteiger partial charge in [-0.3, -0.25) is 4.99 Å². The molecule has 1 saturated carbocycles. The van der Waals surface area contributed by atoms with Gasteiger partial charge in [-0.25, -0.2) is 4.79 Å². The van der Waals surface area contributed by atoms with E-state index in [9.17, 15) is 4.79 Å². The van der Waals surface area contributed by atoms with Crippen molar-refractivity contribution >= 4 is 17.9 Å². The summed E-state index contributed by atoms with van der Waals surface area (Å²) in [6, 6.07) is 7.78. The van der Waals surface area contributed by atoms with Gasteiger partial charge in [0.15, 0.2) is 0 Å². The number of benzene rings is 1. The van der Waals surface area contributed by atoms with E-state index in [0.29, 0.717) is 17.5 Å². The van der Waals surface area contributed by atoms with Crippen molar-refractivity contribution in [1.82, 2.24) is 15.5 Å². The molecular formula is C31H47N5O. The Morgan fingerprint density at radius 2 is 1.92 bits per heavy atom. The maximum atomic E-state index is 12.7. The van der Waals surface area contributed by atoms with E-state index in [1.54, 1.807) is 6.08 Å². The number of carbonyl (C=O) groups is 1. The van der Waals surface area contributed by atoms with Crippen LogP contribution in [0.5, 0.6) is 0 Å². The fourth-order valence-corrected chi connectivity index (χ4v) is 3.89. The van der Waals surface area contributed by atoms with Gasteiger partial charge in [-0.1, -0.05) is 38.1 Å². The predicted octanol–water partition coefficient (Wildman–Crippen LogP) is 7.18. The number of anilines is 1. The summed E-state index contributed by atoms with van der Waals surface area (Å²) in [5, 5.41) is 9.44. The standard InChI is InChI=1S/C31H47N5O/c1-10-28(17-22(5)24(7)26-15-16-26)34-31(37)35-29-14-12-13-27(18-29)25(8)33-23(6)19-32-30(21(3)4)20-36(9)11-2/h10,12-14,17-21,23,25-26,33H,1,11,15-16H2,2-9H3,(H2,34,35,37)/b24-22+,28-17+,30-20+,32-19?/t23?,25-/m0/s1. The van der Waals surface area contributed by atoms with Crippen LogP contribution in [0.1, 0.15) is 72.9 Å². The van der Waals surface area contributed by atoms with E-state index in [2.05, 4.69) is 95.2 Å². The Labute approximate surface area is 224 Å². The van der Waals surface area contributed by atoms with E-state index in [4.69, 9.17) is 4.99 Å². The Morgan fingerprint density at radius 3 is 2.51 bits per heavy atom. The summed E-state index contributed by atoms with van der Waals surface area (Å²) in [5.74, 6) is 1.04. The first-order valence-electron chi connectivity index (χ1n) is 13.5. The average molecular weight is 506 g/mol. The number of rotatable bonds is 13. The lowest BCUT2D eigenvalue weighted by Crippen LogP contribution is -2.30. The third-order valence-electron chi connectivity index (χ3n) is 6.71. The maximum absolute atomic E-state index is 12.7. The molecule has 1 aromatic rings. The van der Waals surface area contributed by atoms with Crippen LogP contribution >= 0.6 is 0 Å². The summed E-state index contributed by atoms with van der Waals surface area (Å²) in [6.07, 6.45) is 10.3. The van der Waals surface area contributed by atoms with E-state index < -0.39 is 0 Å². The lowest BCUT2D eigenvalue weighted by atomic mass is 10.1. The molecule has 6 heteroatoms. The number of hydrogen-bond acceptors (Lipinski definition) is 4. The minimum absolute atomic E-state index is 0.0814. The Balaban J connectivity index is 2.00. The zero-order chi connectivity index (χ0) is 27.5. The number of amides is 2. The van der Waals surface area contributed by atoms with Crippen LogP contribution in [0, 0.1) is 11.8 Å². The number of urea groups is 1. The highest BCUT2D eigenvalue weighted by atomic mass is 16.2. The molecule has 2 amide bonds. The Bertz CT molecular complexity index is 1050. The summed E-state index contributed by atoms with van der Waals surface area (Å²) in [5.41, 5.74) is 6.15. The molecule has 1 unspecified atom stereocenters. The second kappa shape index (κ2) is 14.6. The van der Waals surface area contributed by atoms with Crippen LogP contribution in [0.2, 0.25) is 0 Å². The van der Waals surface area contributed by atoms with Gasteiger partial charge in [-0.05, 0) is 94.7 Å². The minimum Gasteiger partial charge on any atom is -0.379 e. The number of aliphatic imine (C=N–C) groups is 1. The van der Waals surface area contributed by atoms with Crippen molar-refractivity contribution in [2.24, 2.45) is 16.8 Å². The van der Waals surface area contributed by atoms with Crippen LogP contribution in [0.25, 0.3) is 0 Å². The minimum atomic E-state index is -0.286. The van der Waals surface area contributed by atoms with Crippen molar-refractivity contribution in [3.05, 3.63) is 77.3 Å². The van der Waals surface area contributed by atoms with Gasteiger partial charge in [0.2, 0.25) is 0 Å². The van der Waals surface area contributed by atoms with Crippen molar-refractivity contribution in [1.29, 1.82) is 0 Å². The second-order valence-corrected chi connectivity index (χ2v) is 10.4. The summed E-state index contributed by atoms with van der Waals surface area (Å²) < 4.78 is 0. The quantitative estimate of drug-likeness (QED) is 0.196. The fraction of sp³-hybridized carbons (Fsp3) is 0.484. The number of nitrogens with zero attached hydrogens (tertiary/aromatic N) is 2. The first-order chi connectivity index (χ1) is 17.5. The van der Waals surface area contributed by atoms with Gasteiger partial charge in [0.05, 0.1) is 5.70 Å². The SMILES string of the molecule is C=C/C(=C\C(C)=C(/C)C1CC1)NC(=O)Nc1cccc([C@H](C)NC(C)C=N/C(=C/N(C)CC)C(C)C)c1. The maximum Gasteiger partial charge on any atom is 0.323 e. The molecule has 0 heterocycles. The highest BCUT2D eigenvalue weighted by Crippen LogP contribution is 2.37. The van der Waals surface area contributed by atoms with Crippen molar-refractivity contribution in [3.63, 3.8) is 0 Å². The first kappa shape index (κ1) is 30.1. The second-order valence-electron chi connectivity index (χ2n) is 10.4. The van der Waals surface area contributed by atoms with Crippen molar-refractivity contribution < 1.29 is 4.79 Å². The van der Waals surface area contributed by atoms with Gasteiger partial charge in [0, 0.05) is 49.5 Å². The number of nitrogens with one attached hydrogen (secondary N) is 3. The van der Waals surface area contributed by atoms with Crippen LogP contribution in [0.3, 0.4) is 0 Å². The predicted molar refractivity (Wildman–Crippen MR) is 159 cm³/mol. The van der Waals surface area contributed by atoms with E-state index in [1.165, 1.54) is 24.0 Å². The largest absolute Gasteiger partial charge is 0.379 e. The van der Waals surface area contributed by atoms with E-state index >= 15 is 0 Å². The molecule has 2 rings (SSSR count). The average Bonchev–Trinajstić information content (AvgIpc) is 3.70. The van der Waals surface area contributed by atoms with Crippen molar-refractivity contribution in [2.45, 2.75) is 73.4 Å². The van der Waals surface area contributed by atoms with Gasteiger partial charge in [0.25, 0.3) is 0 Å². The number of allylic oxidation sites excluding steroid dienone is 5. The van der Waals surface area contributed by atoms with Crippen LogP contribution in [0.15, 0.2) is 76.7 Å². The molecular weight excluding hydrogens is 458 g/mol. The van der Waals surface area contributed by atoms with Crippen LogP contribution in [-0.2, 0) is 0 Å². The summed E-state index contributed by atoms with van der Waals surface area (Å²) in [4.78, 5) is 19.6. The molecule has 0 bridgehead atoms. The van der Waals surface area contributed by atoms with Crippen LogP contribution in [0.4, 0.5) is 10.5 Å². The van der Waals surface area contributed by atoms with Gasteiger partial charge < -0.3 is 20.9 Å². The third-order valence-corrected chi connectivity index (χ3v) is 6.71. The Hall–Kier alpha value is -3.12. The lowest BCUT2D eigenvalue weighted by molar-refractivity contribution is 0.254. The highest BCUT2D eigenvalue weighted by molar-refractivity contribution is 5.90. The Morgan fingerprint density at radius 1 is 1.22 bits per heavy atom. The van der Waals surface area contributed by atoms with Crippen molar-refractivity contribution in [3.8, 4) is 0 Å². The molecule has 0 aromatic heterocycles. The summed E-state index contributed by atoms with van der Waals surface area (Å²) >= 11 is 0. The third kappa shape index (κ3) is 10.4. The molecule has 3 N–H and O–H groups in total. The van der Waals surface area contributed by atoms with Gasteiger partial charge >= 0.3 is 6.03 Å². The number of carbonyl (C=O) groups excluding carboxylic acids is 1. The molecule has 6 nitrogen and oxygen atoms in total. The fourth-order valence-electron chi connectivity index (χ4n) is 3.89. The summed E-state index contributed by atoms with van der Waals surface area (Å²) in [6.45, 7) is 19.7. The smallest absolute Gasteiger partial charge is 0.323 e. The lowest BCUT2D eigenvalue weighted by Gasteiger charge is -2.19. The highest BCUT2D eigenvalue weighted by Gasteiger charge is 2.24. The molecule has 1 aliphatic carbocycles. The van der Waals surface area contributed by atoms with E-state index in [-0.39, 0.29) is 18.1 Å². The zero-order valence-electron chi connectivity index (χ0n) is 24.1. The molecule has 1 aliphatic rings. The molecule has 2 atom stereocenters. The molecule has 0 aliphatic heterocycles. The normalized spacial score (nSPS) is 16.9. The molecule has 0 spiro atoms. The monoisotopic (exact) mass is 505 g/mol. The topological polar surface area (TPSA) is 68.8 Å². The number of hydrogen-bond donors (Lipinski definition) is 3. The summed E-state index contributed by atoms with van der Waals surface area (Å²) in [7, 11) is 2.06. The molecule has 1 aromatic carbocycles. The van der Waals surface area contributed by atoms with E-state index in [0.717, 1.165) is 23.5 Å². The van der Waals surface area contributed by atoms with Gasteiger partial charge in [-0.15, -0.1) is 0 Å². The first-order valence-corrected chi connectivity index (χ1v) is 13.5. The zero-order valence-corrected chi connectivity index (χ0v) is 24.1. The molecule has 0 saturated heterocycles. The van der Waals surface area contributed by atoms with E-state index in [1.807, 2.05) is 30.5 Å². The van der Waals surface area contributed by atoms with Crippen molar-refractivity contribution in [2.75, 3.05) is 18.9 Å². The molecule has 0 radical (unpaired) electrons. The Kier molecular flexibility index (Phi) is 11.9. The molecule has 37 heavy (non-hydrogen) atoms.